The predicted octanol–water partition coefficient (Wildman–Crippen LogP) is 4.78. The average Bonchev–Trinajstić information content (AvgIpc) is 2.84. The standard InChI is InChI=1S/C13H9Cl3O3/c14-8-6-10(15)13(11(16)7-8)19-12(17)4-3-9-2-1-5-18-9/h1-2,5-7H,3-4H2. The van der Waals surface area contributed by atoms with Crippen molar-refractivity contribution in [1.82, 2.24) is 0 Å². The maximum Gasteiger partial charge on any atom is 0.311 e. The van der Waals surface area contributed by atoms with Gasteiger partial charge in [-0.3, -0.25) is 4.79 Å². The van der Waals surface area contributed by atoms with E-state index in [2.05, 4.69) is 0 Å². The van der Waals surface area contributed by atoms with Crippen molar-refractivity contribution in [2.45, 2.75) is 12.8 Å². The second-order valence-corrected chi connectivity index (χ2v) is 5.00. The van der Waals surface area contributed by atoms with E-state index in [1.54, 1.807) is 18.4 Å². The van der Waals surface area contributed by atoms with Crippen LogP contribution in [0.3, 0.4) is 0 Å². The number of ether oxygens (including phenoxy) is 1. The SMILES string of the molecule is O=C(CCc1ccco1)Oc1c(Cl)cc(Cl)cc1Cl. The van der Waals surface area contributed by atoms with Gasteiger partial charge < -0.3 is 9.15 Å². The van der Waals surface area contributed by atoms with Crippen LogP contribution in [-0.2, 0) is 11.2 Å². The lowest BCUT2D eigenvalue weighted by Gasteiger charge is -2.08. The molecule has 0 spiro atoms. The van der Waals surface area contributed by atoms with Crippen molar-refractivity contribution in [1.29, 1.82) is 0 Å². The summed E-state index contributed by atoms with van der Waals surface area (Å²) in [7, 11) is 0. The summed E-state index contributed by atoms with van der Waals surface area (Å²) < 4.78 is 10.2. The van der Waals surface area contributed by atoms with E-state index in [9.17, 15) is 4.79 Å². The maximum absolute atomic E-state index is 11.7. The van der Waals surface area contributed by atoms with Gasteiger partial charge in [0.1, 0.15) is 5.76 Å². The molecule has 19 heavy (non-hydrogen) atoms. The lowest BCUT2D eigenvalue weighted by atomic mass is 10.2. The fraction of sp³-hybridized carbons (Fsp3) is 0.154. The highest BCUT2D eigenvalue weighted by atomic mass is 35.5. The lowest BCUT2D eigenvalue weighted by molar-refractivity contribution is -0.134. The number of furan rings is 1. The third-order valence-corrected chi connectivity index (χ3v) is 3.11. The predicted molar refractivity (Wildman–Crippen MR) is 74.1 cm³/mol. The monoisotopic (exact) mass is 318 g/mol. The van der Waals surface area contributed by atoms with Crippen LogP contribution in [0.25, 0.3) is 0 Å². The minimum atomic E-state index is -0.442. The van der Waals surface area contributed by atoms with Crippen LogP contribution in [0.2, 0.25) is 15.1 Å². The van der Waals surface area contributed by atoms with E-state index < -0.39 is 5.97 Å². The van der Waals surface area contributed by atoms with Gasteiger partial charge in [-0.05, 0) is 24.3 Å². The van der Waals surface area contributed by atoms with Gasteiger partial charge in [-0.15, -0.1) is 0 Å². The molecule has 0 bridgehead atoms. The Bertz CT molecular complexity index is 556. The number of halogens is 3. The maximum atomic E-state index is 11.7. The van der Waals surface area contributed by atoms with E-state index in [1.165, 1.54) is 12.1 Å². The van der Waals surface area contributed by atoms with Crippen LogP contribution in [0.5, 0.6) is 5.75 Å². The summed E-state index contributed by atoms with van der Waals surface area (Å²) >= 11 is 17.6. The Kier molecular flexibility index (Phi) is 4.75. The molecule has 1 heterocycles. The van der Waals surface area contributed by atoms with Crippen LogP contribution in [0.15, 0.2) is 34.9 Å². The number of carbonyl (C=O) groups excluding carboxylic acids is 1. The number of carbonyl (C=O) groups is 1. The molecule has 1 aromatic heterocycles. The molecule has 0 N–H and O–H groups in total. The average molecular weight is 320 g/mol. The van der Waals surface area contributed by atoms with E-state index >= 15 is 0 Å². The number of aryl methyl sites for hydroxylation is 1. The Balaban J connectivity index is 1.99. The summed E-state index contributed by atoms with van der Waals surface area (Å²) in [5.74, 6) is 0.393. The number of hydrogen-bond acceptors (Lipinski definition) is 3. The summed E-state index contributed by atoms with van der Waals surface area (Å²) in [6.45, 7) is 0. The van der Waals surface area contributed by atoms with Crippen LogP contribution in [0.4, 0.5) is 0 Å². The zero-order valence-electron chi connectivity index (χ0n) is 9.66. The molecule has 1 aromatic carbocycles. The molecule has 0 atom stereocenters. The Morgan fingerprint density at radius 2 is 1.89 bits per heavy atom. The first-order chi connectivity index (χ1) is 9.06. The Morgan fingerprint density at radius 1 is 1.21 bits per heavy atom. The van der Waals surface area contributed by atoms with Gasteiger partial charge in [0, 0.05) is 11.4 Å². The molecule has 0 aliphatic heterocycles. The van der Waals surface area contributed by atoms with Crippen molar-refractivity contribution < 1.29 is 13.9 Å². The van der Waals surface area contributed by atoms with Crippen LogP contribution in [0, 0.1) is 0 Å². The van der Waals surface area contributed by atoms with Gasteiger partial charge in [0.15, 0.2) is 5.75 Å². The zero-order valence-corrected chi connectivity index (χ0v) is 11.9. The number of rotatable bonds is 4. The van der Waals surface area contributed by atoms with Crippen molar-refractivity contribution in [3.63, 3.8) is 0 Å². The summed E-state index contributed by atoms with van der Waals surface area (Å²) in [5.41, 5.74) is 0. The van der Waals surface area contributed by atoms with Crippen LogP contribution in [-0.4, -0.2) is 5.97 Å². The van der Waals surface area contributed by atoms with E-state index in [0.29, 0.717) is 17.2 Å². The Hall–Kier alpha value is -1.16. The number of hydrogen-bond donors (Lipinski definition) is 0. The van der Waals surface area contributed by atoms with Gasteiger partial charge in [-0.1, -0.05) is 34.8 Å². The zero-order chi connectivity index (χ0) is 13.8. The molecule has 6 heteroatoms. The Labute approximate surface area is 125 Å². The normalized spacial score (nSPS) is 10.5. The van der Waals surface area contributed by atoms with Crippen LogP contribution >= 0.6 is 34.8 Å². The molecule has 3 nitrogen and oxygen atoms in total. The summed E-state index contributed by atoms with van der Waals surface area (Å²) in [4.78, 5) is 11.7. The van der Waals surface area contributed by atoms with E-state index in [1.807, 2.05) is 0 Å². The highest BCUT2D eigenvalue weighted by Crippen LogP contribution is 2.36. The molecule has 0 saturated heterocycles. The van der Waals surface area contributed by atoms with Gasteiger partial charge in [-0.2, -0.15) is 0 Å². The van der Waals surface area contributed by atoms with Gasteiger partial charge in [0.25, 0.3) is 0 Å². The Morgan fingerprint density at radius 3 is 2.47 bits per heavy atom. The molecule has 0 aliphatic rings. The quantitative estimate of drug-likeness (QED) is 0.601. The van der Waals surface area contributed by atoms with Gasteiger partial charge >= 0.3 is 5.97 Å². The van der Waals surface area contributed by atoms with Gasteiger partial charge in [0.2, 0.25) is 0 Å². The summed E-state index contributed by atoms with van der Waals surface area (Å²) in [5, 5.41) is 0.776. The molecule has 0 aliphatic carbocycles. The van der Waals surface area contributed by atoms with E-state index in [0.717, 1.165) is 0 Å². The molecule has 0 radical (unpaired) electrons. The number of esters is 1. The van der Waals surface area contributed by atoms with Crippen LogP contribution < -0.4 is 4.74 Å². The highest BCUT2D eigenvalue weighted by Gasteiger charge is 2.14. The van der Waals surface area contributed by atoms with Crippen molar-refractivity contribution in [3.05, 3.63) is 51.4 Å². The van der Waals surface area contributed by atoms with Crippen molar-refractivity contribution >= 4 is 40.8 Å². The molecular formula is C13H9Cl3O3. The first kappa shape index (κ1) is 14.3. The summed E-state index contributed by atoms with van der Waals surface area (Å²) in [6.07, 6.45) is 2.17. The lowest BCUT2D eigenvalue weighted by Crippen LogP contribution is -2.09. The van der Waals surface area contributed by atoms with E-state index in [-0.39, 0.29) is 22.2 Å². The smallest absolute Gasteiger partial charge is 0.311 e. The fourth-order valence-electron chi connectivity index (χ4n) is 1.47. The van der Waals surface area contributed by atoms with Gasteiger partial charge in [0.05, 0.1) is 22.7 Å². The van der Waals surface area contributed by atoms with Crippen molar-refractivity contribution in [3.8, 4) is 5.75 Å². The minimum absolute atomic E-state index is 0.122. The molecule has 0 fully saturated rings. The second kappa shape index (κ2) is 6.33. The third kappa shape index (κ3) is 3.90. The molecule has 100 valence electrons. The van der Waals surface area contributed by atoms with Gasteiger partial charge in [-0.25, -0.2) is 0 Å². The first-order valence-electron chi connectivity index (χ1n) is 5.44. The van der Waals surface area contributed by atoms with Crippen molar-refractivity contribution in [2.24, 2.45) is 0 Å². The fourth-order valence-corrected chi connectivity index (χ4v) is 2.37. The summed E-state index contributed by atoms with van der Waals surface area (Å²) in [6, 6.07) is 6.47. The highest BCUT2D eigenvalue weighted by molar-refractivity contribution is 6.40. The molecular weight excluding hydrogens is 310 g/mol. The molecule has 2 aromatic rings. The third-order valence-electron chi connectivity index (χ3n) is 2.33. The van der Waals surface area contributed by atoms with E-state index in [4.69, 9.17) is 44.0 Å². The molecule has 0 saturated carbocycles. The molecule has 0 amide bonds. The number of benzene rings is 1. The van der Waals surface area contributed by atoms with Crippen molar-refractivity contribution in [2.75, 3.05) is 0 Å². The molecule has 0 unspecified atom stereocenters. The largest absolute Gasteiger partial charge is 0.469 e. The molecule has 2 rings (SSSR count). The first-order valence-corrected chi connectivity index (χ1v) is 6.57. The topological polar surface area (TPSA) is 39.4 Å². The minimum Gasteiger partial charge on any atom is -0.469 e. The van der Waals surface area contributed by atoms with Crippen LogP contribution in [0.1, 0.15) is 12.2 Å². The second-order valence-electron chi connectivity index (χ2n) is 3.75.